The van der Waals surface area contributed by atoms with Crippen LogP contribution >= 0.6 is 15.9 Å². The van der Waals surface area contributed by atoms with E-state index in [4.69, 9.17) is 5.11 Å². The highest BCUT2D eigenvalue weighted by Crippen LogP contribution is 2.15. The largest absolute Gasteiger partial charge is 0.481 e. The number of hydrogen-bond donors (Lipinski definition) is 2. The van der Waals surface area contributed by atoms with Gasteiger partial charge in [-0.05, 0) is 42.2 Å². The maximum absolute atomic E-state index is 13.4. The zero-order valence-electron chi connectivity index (χ0n) is 12.6. The molecule has 2 aromatic carbocycles. The lowest BCUT2D eigenvalue weighted by Crippen LogP contribution is -2.31. The summed E-state index contributed by atoms with van der Waals surface area (Å²) in [6.45, 7) is 0.494. The second-order valence-corrected chi connectivity index (χ2v) is 6.39. The van der Waals surface area contributed by atoms with Crippen molar-refractivity contribution in [3.05, 3.63) is 69.9 Å². The van der Waals surface area contributed by atoms with Gasteiger partial charge < -0.3 is 10.4 Å². The van der Waals surface area contributed by atoms with Gasteiger partial charge in [0, 0.05) is 23.5 Å². The van der Waals surface area contributed by atoms with E-state index < -0.39 is 5.97 Å². The second-order valence-electron chi connectivity index (χ2n) is 5.48. The average Bonchev–Trinajstić information content (AvgIpc) is 2.50. The molecule has 122 valence electrons. The minimum atomic E-state index is -0.807. The highest BCUT2D eigenvalue weighted by molar-refractivity contribution is 9.10. The maximum atomic E-state index is 13.4. The molecular weight excluding hydrogens is 361 g/mol. The molecule has 2 aromatic rings. The highest BCUT2D eigenvalue weighted by Gasteiger charge is 2.12. The molecule has 3 nitrogen and oxygen atoms in total. The van der Waals surface area contributed by atoms with E-state index in [1.165, 1.54) is 12.1 Å². The summed E-state index contributed by atoms with van der Waals surface area (Å²) in [5, 5.41) is 12.2. The third-order valence-corrected chi connectivity index (χ3v) is 4.01. The molecule has 23 heavy (non-hydrogen) atoms. The Labute approximate surface area is 143 Å². The molecule has 0 heterocycles. The van der Waals surface area contributed by atoms with Crippen molar-refractivity contribution < 1.29 is 14.3 Å². The van der Waals surface area contributed by atoms with Crippen molar-refractivity contribution in [2.24, 2.45) is 0 Å². The van der Waals surface area contributed by atoms with Crippen LogP contribution in [0.1, 0.15) is 24.0 Å². The Hall–Kier alpha value is -1.72. The molecule has 5 heteroatoms. The van der Waals surface area contributed by atoms with Gasteiger partial charge in [0.25, 0.3) is 0 Å². The number of rotatable bonds is 8. The fourth-order valence-corrected chi connectivity index (χ4v) is 2.96. The summed E-state index contributed by atoms with van der Waals surface area (Å²) >= 11 is 3.28. The Morgan fingerprint density at radius 1 is 1.17 bits per heavy atom. The van der Waals surface area contributed by atoms with Gasteiger partial charge in [-0.3, -0.25) is 4.79 Å². The molecular formula is C18H19BrFNO2. The Kier molecular flexibility index (Phi) is 6.74. The SMILES string of the molecule is O=C(O)CCC(Cc1ccccc1)NCc1cc(F)cc(Br)c1. The zero-order chi connectivity index (χ0) is 16.7. The van der Waals surface area contributed by atoms with Gasteiger partial charge in [0.1, 0.15) is 5.82 Å². The minimum Gasteiger partial charge on any atom is -0.481 e. The summed E-state index contributed by atoms with van der Waals surface area (Å²) in [6, 6.07) is 14.7. The van der Waals surface area contributed by atoms with E-state index >= 15 is 0 Å². The van der Waals surface area contributed by atoms with Crippen LogP contribution in [-0.4, -0.2) is 17.1 Å². The normalized spacial score (nSPS) is 12.1. The average molecular weight is 380 g/mol. The van der Waals surface area contributed by atoms with Crippen molar-refractivity contribution >= 4 is 21.9 Å². The molecule has 0 spiro atoms. The summed E-state index contributed by atoms with van der Waals surface area (Å²) in [5.41, 5.74) is 1.97. The molecule has 0 aliphatic rings. The highest BCUT2D eigenvalue weighted by atomic mass is 79.9. The molecule has 0 saturated carbocycles. The van der Waals surface area contributed by atoms with Gasteiger partial charge in [0.05, 0.1) is 0 Å². The number of carbonyl (C=O) groups is 1. The van der Waals surface area contributed by atoms with Crippen LogP contribution in [0.5, 0.6) is 0 Å². The van der Waals surface area contributed by atoms with Gasteiger partial charge in [-0.2, -0.15) is 0 Å². The number of benzene rings is 2. The van der Waals surface area contributed by atoms with E-state index in [2.05, 4.69) is 21.2 Å². The molecule has 0 saturated heterocycles. The van der Waals surface area contributed by atoms with Crippen molar-refractivity contribution in [3.8, 4) is 0 Å². The number of hydrogen-bond acceptors (Lipinski definition) is 2. The van der Waals surface area contributed by atoms with Crippen LogP contribution < -0.4 is 5.32 Å². The van der Waals surface area contributed by atoms with E-state index in [1.807, 2.05) is 36.4 Å². The summed E-state index contributed by atoms with van der Waals surface area (Å²) in [6.07, 6.45) is 1.38. The molecule has 0 aliphatic carbocycles. The van der Waals surface area contributed by atoms with E-state index in [0.29, 0.717) is 17.4 Å². The molecule has 1 atom stereocenters. The number of nitrogens with one attached hydrogen (secondary N) is 1. The number of aliphatic carboxylic acids is 1. The Balaban J connectivity index is 1.99. The van der Waals surface area contributed by atoms with Gasteiger partial charge in [-0.25, -0.2) is 4.39 Å². The smallest absolute Gasteiger partial charge is 0.303 e. The summed E-state index contributed by atoms with van der Waals surface area (Å²) in [7, 11) is 0. The molecule has 2 N–H and O–H groups in total. The standard InChI is InChI=1S/C18H19BrFNO2/c19-15-8-14(9-16(20)11-15)12-21-17(6-7-18(22)23)10-13-4-2-1-3-5-13/h1-5,8-9,11,17,21H,6-7,10,12H2,(H,22,23). The van der Waals surface area contributed by atoms with Crippen LogP contribution in [0.2, 0.25) is 0 Å². The lowest BCUT2D eigenvalue weighted by molar-refractivity contribution is -0.137. The molecule has 2 rings (SSSR count). The van der Waals surface area contributed by atoms with Gasteiger partial charge in [-0.1, -0.05) is 46.3 Å². The molecule has 1 unspecified atom stereocenters. The lowest BCUT2D eigenvalue weighted by atomic mass is 10.0. The van der Waals surface area contributed by atoms with E-state index in [9.17, 15) is 9.18 Å². The summed E-state index contributed by atoms with van der Waals surface area (Å²) in [5.74, 6) is -1.10. The lowest BCUT2D eigenvalue weighted by Gasteiger charge is -2.18. The fourth-order valence-electron chi connectivity index (χ4n) is 2.45. The monoisotopic (exact) mass is 379 g/mol. The molecule has 0 aromatic heterocycles. The van der Waals surface area contributed by atoms with Crippen molar-refractivity contribution in [2.75, 3.05) is 0 Å². The van der Waals surface area contributed by atoms with E-state index in [1.54, 1.807) is 0 Å². The third-order valence-electron chi connectivity index (χ3n) is 3.55. The fraction of sp³-hybridized carbons (Fsp3) is 0.278. The molecule has 0 amide bonds. The number of carboxylic acids is 1. The predicted octanol–water partition coefficient (Wildman–Crippen LogP) is 4.15. The maximum Gasteiger partial charge on any atom is 0.303 e. The van der Waals surface area contributed by atoms with E-state index in [-0.39, 0.29) is 18.3 Å². The predicted molar refractivity (Wildman–Crippen MR) is 91.7 cm³/mol. The first-order valence-electron chi connectivity index (χ1n) is 7.47. The second kappa shape index (κ2) is 8.79. The van der Waals surface area contributed by atoms with Crippen molar-refractivity contribution in [3.63, 3.8) is 0 Å². The van der Waals surface area contributed by atoms with Crippen LogP contribution in [0.15, 0.2) is 53.0 Å². The van der Waals surface area contributed by atoms with Crippen LogP contribution in [0.25, 0.3) is 0 Å². The van der Waals surface area contributed by atoms with Crippen LogP contribution in [0, 0.1) is 5.82 Å². The third kappa shape index (κ3) is 6.50. The number of carboxylic acid groups (broad SMARTS) is 1. The Bertz CT molecular complexity index is 628. The van der Waals surface area contributed by atoms with Gasteiger partial charge in [-0.15, -0.1) is 0 Å². The quantitative estimate of drug-likeness (QED) is 0.723. The molecule has 0 radical (unpaired) electrons. The van der Waals surface area contributed by atoms with Gasteiger partial charge in [0.15, 0.2) is 0 Å². The van der Waals surface area contributed by atoms with Crippen molar-refractivity contribution in [1.82, 2.24) is 5.32 Å². The Morgan fingerprint density at radius 3 is 2.57 bits per heavy atom. The first-order chi connectivity index (χ1) is 11.0. The van der Waals surface area contributed by atoms with E-state index in [0.717, 1.165) is 17.5 Å². The number of halogens is 2. The zero-order valence-corrected chi connectivity index (χ0v) is 14.2. The van der Waals surface area contributed by atoms with Gasteiger partial charge in [0.2, 0.25) is 0 Å². The summed E-state index contributed by atoms with van der Waals surface area (Å²) in [4.78, 5) is 10.8. The van der Waals surface area contributed by atoms with Crippen LogP contribution in [0.4, 0.5) is 4.39 Å². The van der Waals surface area contributed by atoms with Crippen molar-refractivity contribution in [2.45, 2.75) is 31.8 Å². The minimum absolute atomic E-state index is 0.0237. The van der Waals surface area contributed by atoms with Gasteiger partial charge >= 0.3 is 5.97 Å². The topological polar surface area (TPSA) is 49.3 Å². The first-order valence-corrected chi connectivity index (χ1v) is 8.26. The molecule has 0 aliphatic heterocycles. The van der Waals surface area contributed by atoms with Crippen LogP contribution in [0.3, 0.4) is 0 Å². The summed E-state index contributed by atoms with van der Waals surface area (Å²) < 4.78 is 14.1. The van der Waals surface area contributed by atoms with Crippen molar-refractivity contribution in [1.29, 1.82) is 0 Å². The van der Waals surface area contributed by atoms with Crippen LogP contribution in [-0.2, 0) is 17.8 Å². The Morgan fingerprint density at radius 2 is 1.91 bits per heavy atom. The first kappa shape index (κ1) is 17.6. The molecule has 0 fully saturated rings. The molecule has 0 bridgehead atoms.